The largest absolute Gasteiger partial charge is 0.480 e. The molecule has 1 amide bonds. The summed E-state index contributed by atoms with van der Waals surface area (Å²) >= 11 is 0. The summed E-state index contributed by atoms with van der Waals surface area (Å²) in [6.45, 7) is 2.46. The van der Waals surface area contributed by atoms with Gasteiger partial charge in [-0.3, -0.25) is 18.6 Å². The molecular weight excluding hydrogens is 565 g/mol. The maximum atomic E-state index is 12.1. The van der Waals surface area contributed by atoms with E-state index in [0.29, 0.717) is 12.8 Å². The summed E-state index contributed by atoms with van der Waals surface area (Å²) in [6, 6.07) is -1.53. The third kappa shape index (κ3) is 26.1. The van der Waals surface area contributed by atoms with Crippen LogP contribution in [0.25, 0.3) is 0 Å². The molecule has 0 fully saturated rings. The Hall–Kier alpha value is -1.52. The number of phosphoric acid groups is 1. The maximum Gasteiger partial charge on any atom is 0.472 e. The van der Waals surface area contributed by atoms with Crippen LogP contribution < -0.4 is 5.32 Å². The summed E-state index contributed by atoms with van der Waals surface area (Å²) in [5, 5.41) is 21.5. The monoisotopic (exact) mass is 623 g/mol. The van der Waals surface area contributed by atoms with E-state index in [1.165, 1.54) is 51.4 Å². The lowest BCUT2D eigenvalue weighted by atomic mass is 10.0. The number of hydrogen-bond acceptors (Lipinski definition) is 8. The molecule has 12 heteroatoms. The molecule has 0 bridgehead atoms. The van der Waals surface area contributed by atoms with E-state index in [2.05, 4.69) is 23.7 Å². The molecule has 0 aromatic rings. The summed E-state index contributed by atoms with van der Waals surface area (Å²) < 4.78 is 26.5. The van der Waals surface area contributed by atoms with Crippen LogP contribution in [0.15, 0.2) is 0 Å². The van der Waals surface area contributed by atoms with Crippen molar-refractivity contribution in [3.05, 3.63) is 0 Å². The zero-order valence-corrected chi connectivity index (χ0v) is 27.0. The Morgan fingerprint density at radius 2 is 1.10 bits per heavy atom. The summed E-state index contributed by atoms with van der Waals surface area (Å²) in [5.74, 6) is -2.38. The summed E-state index contributed by atoms with van der Waals surface area (Å²) in [5.41, 5.74) is 0. The van der Waals surface area contributed by atoms with Crippen LogP contribution in [-0.4, -0.2) is 64.9 Å². The van der Waals surface area contributed by atoms with Gasteiger partial charge in [-0.05, 0) is 12.8 Å². The number of carbonyl (C=O) groups is 3. The number of ether oxygens (including phenoxy) is 1. The molecule has 0 spiro atoms. The van der Waals surface area contributed by atoms with Gasteiger partial charge in [0, 0.05) is 12.8 Å². The molecule has 0 aliphatic carbocycles. The minimum absolute atomic E-state index is 0.146. The average molecular weight is 624 g/mol. The molecule has 3 atom stereocenters. The van der Waals surface area contributed by atoms with Crippen molar-refractivity contribution in [3.63, 3.8) is 0 Å². The van der Waals surface area contributed by atoms with Crippen LogP contribution in [0.3, 0.4) is 0 Å². The van der Waals surface area contributed by atoms with Crippen molar-refractivity contribution >= 4 is 25.7 Å². The highest BCUT2D eigenvalue weighted by Crippen LogP contribution is 2.43. The number of carbonyl (C=O) groups excluding carboxylic acids is 2. The Morgan fingerprint density at radius 3 is 1.57 bits per heavy atom. The van der Waals surface area contributed by atoms with Crippen LogP contribution in [0, 0.1) is 0 Å². The standard InChI is InChI=1S/C30H58NO10P/c1-3-5-7-9-11-12-13-14-15-16-18-20-22-29(34)39-23-26(32)24-40-42(37,38)41-25-27(30(35)36)31-28(33)21-19-17-10-8-6-4-2/h26-27,32H,3-25H2,1-2H3,(H,31,33)(H,35,36)(H,37,38). The van der Waals surface area contributed by atoms with Gasteiger partial charge in [0.15, 0.2) is 6.04 Å². The molecule has 42 heavy (non-hydrogen) atoms. The smallest absolute Gasteiger partial charge is 0.472 e. The van der Waals surface area contributed by atoms with Gasteiger partial charge in [0.25, 0.3) is 0 Å². The van der Waals surface area contributed by atoms with Crippen LogP contribution >= 0.6 is 7.82 Å². The lowest BCUT2D eigenvalue weighted by molar-refractivity contribution is -0.147. The molecule has 0 heterocycles. The van der Waals surface area contributed by atoms with E-state index in [9.17, 15) is 34.1 Å². The van der Waals surface area contributed by atoms with Gasteiger partial charge in [0.1, 0.15) is 12.7 Å². The molecule has 0 saturated heterocycles. The number of esters is 1. The van der Waals surface area contributed by atoms with Crippen molar-refractivity contribution in [2.45, 2.75) is 154 Å². The van der Waals surface area contributed by atoms with Crippen LogP contribution in [0.4, 0.5) is 0 Å². The fourth-order valence-corrected chi connectivity index (χ4v) is 5.09. The lowest BCUT2D eigenvalue weighted by Crippen LogP contribution is -2.43. The summed E-state index contributed by atoms with van der Waals surface area (Å²) in [7, 11) is -4.73. The predicted octanol–water partition coefficient (Wildman–Crippen LogP) is 6.44. The van der Waals surface area contributed by atoms with Gasteiger partial charge in [-0.25, -0.2) is 9.36 Å². The third-order valence-electron chi connectivity index (χ3n) is 6.90. The third-order valence-corrected chi connectivity index (χ3v) is 7.85. The Kier molecular flexibility index (Phi) is 26.1. The van der Waals surface area contributed by atoms with Gasteiger partial charge in [-0.1, -0.05) is 117 Å². The number of carboxylic acid groups (broad SMARTS) is 1. The normalized spacial score (nSPS) is 14.2. The quantitative estimate of drug-likeness (QED) is 0.0397. The summed E-state index contributed by atoms with van der Waals surface area (Å²) in [4.78, 5) is 45.2. The fraction of sp³-hybridized carbons (Fsp3) is 0.900. The lowest BCUT2D eigenvalue weighted by Gasteiger charge is -2.18. The van der Waals surface area contributed by atoms with E-state index in [0.717, 1.165) is 51.4 Å². The minimum Gasteiger partial charge on any atom is -0.480 e. The second-order valence-electron chi connectivity index (χ2n) is 11.0. The van der Waals surface area contributed by atoms with E-state index in [4.69, 9.17) is 9.26 Å². The number of phosphoric ester groups is 1. The first kappa shape index (κ1) is 40.5. The molecule has 0 aromatic heterocycles. The van der Waals surface area contributed by atoms with Crippen molar-refractivity contribution in [1.29, 1.82) is 0 Å². The van der Waals surface area contributed by atoms with Crippen molar-refractivity contribution in [2.24, 2.45) is 0 Å². The number of carboxylic acids is 1. The van der Waals surface area contributed by atoms with Gasteiger partial charge in [0.2, 0.25) is 5.91 Å². The fourth-order valence-electron chi connectivity index (χ4n) is 4.31. The molecular formula is C30H58NO10P. The van der Waals surface area contributed by atoms with Crippen LogP contribution in [-0.2, 0) is 32.7 Å². The number of nitrogens with one attached hydrogen (secondary N) is 1. The molecule has 0 radical (unpaired) electrons. The molecule has 0 aliphatic heterocycles. The van der Waals surface area contributed by atoms with Crippen molar-refractivity contribution in [2.75, 3.05) is 19.8 Å². The van der Waals surface area contributed by atoms with Gasteiger partial charge in [-0.15, -0.1) is 0 Å². The van der Waals surface area contributed by atoms with E-state index < -0.39 is 57.6 Å². The molecule has 3 unspecified atom stereocenters. The Labute approximate surface area is 253 Å². The second-order valence-corrected chi connectivity index (χ2v) is 12.5. The van der Waals surface area contributed by atoms with Crippen LogP contribution in [0.5, 0.6) is 0 Å². The highest BCUT2D eigenvalue weighted by atomic mass is 31.2. The topological polar surface area (TPSA) is 169 Å². The Morgan fingerprint density at radius 1 is 0.667 bits per heavy atom. The van der Waals surface area contributed by atoms with Crippen LogP contribution in [0.1, 0.15) is 142 Å². The number of hydrogen-bond donors (Lipinski definition) is 4. The molecule has 0 aliphatic rings. The molecule has 0 aromatic carbocycles. The van der Waals surface area contributed by atoms with E-state index in [-0.39, 0.29) is 12.8 Å². The zero-order chi connectivity index (χ0) is 31.5. The molecule has 11 nitrogen and oxygen atoms in total. The van der Waals surface area contributed by atoms with Crippen molar-refractivity contribution in [3.8, 4) is 0 Å². The molecule has 0 rings (SSSR count). The number of aliphatic hydroxyl groups is 1. The van der Waals surface area contributed by atoms with Gasteiger partial charge in [0.05, 0.1) is 13.2 Å². The number of aliphatic hydroxyl groups excluding tert-OH is 1. The number of rotatable bonds is 30. The van der Waals surface area contributed by atoms with Crippen molar-refractivity contribution in [1.82, 2.24) is 5.32 Å². The van der Waals surface area contributed by atoms with Crippen molar-refractivity contribution < 1.29 is 47.8 Å². The van der Waals surface area contributed by atoms with Gasteiger partial charge >= 0.3 is 19.8 Å². The highest BCUT2D eigenvalue weighted by molar-refractivity contribution is 7.47. The van der Waals surface area contributed by atoms with E-state index in [1.807, 2.05) is 0 Å². The van der Waals surface area contributed by atoms with Crippen LogP contribution in [0.2, 0.25) is 0 Å². The average Bonchev–Trinajstić information content (AvgIpc) is 2.95. The SMILES string of the molecule is CCCCCCCCCCCCCCC(=O)OCC(O)COP(=O)(O)OCC(NC(=O)CCCCCCCC)C(=O)O. The van der Waals surface area contributed by atoms with Gasteiger partial charge < -0.3 is 25.2 Å². The predicted molar refractivity (Wildman–Crippen MR) is 162 cm³/mol. The maximum absolute atomic E-state index is 12.1. The zero-order valence-electron chi connectivity index (χ0n) is 26.1. The first-order chi connectivity index (χ1) is 20.1. The Balaban J connectivity index is 3.98. The van der Waals surface area contributed by atoms with E-state index in [1.54, 1.807) is 0 Å². The van der Waals surface area contributed by atoms with Gasteiger partial charge in [-0.2, -0.15) is 0 Å². The van der Waals surface area contributed by atoms with E-state index >= 15 is 0 Å². The number of amides is 1. The highest BCUT2D eigenvalue weighted by Gasteiger charge is 2.28. The first-order valence-electron chi connectivity index (χ1n) is 16.1. The molecule has 0 saturated carbocycles. The Bertz CT molecular complexity index is 752. The first-order valence-corrected chi connectivity index (χ1v) is 17.6. The second kappa shape index (κ2) is 27.1. The molecule has 248 valence electrons. The number of unbranched alkanes of at least 4 members (excludes halogenated alkanes) is 16. The minimum atomic E-state index is -4.73. The number of aliphatic carboxylic acids is 1. The molecule has 4 N–H and O–H groups in total. The summed E-state index contributed by atoms with van der Waals surface area (Å²) in [6.07, 6.45) is 19.0.